The number of nitrogens with zero attached hydrogens (tertiary/aromatic N) is 2. The number of hydrogen-bond acceptors (Lipinski definition) is 5. The van der Waals surface area contributed by atoms with Crippen molar-refractivity contribution in [2.24, 2.45) is 5.73 Å². The quantitative estimate of drug-likeness (QED) is 0.851. The maximum Gasteiger partial charge on any atom is 0.348 e. The average Bonchev–Trinajstić information content (AvgIpc) is 2.97. The van der Waals surface area contributed by atoms with Crippen molar-refractivity contribution in [3.05, 3.63) is 39.3 Å². The Kier molecular flexibility index (Phi) is 3.66. The van der Waals surface area contributed by atoms with Crippen molar-refractivity contribution in [1.29, 1.82) is 0 Å². The standard InChI is InChI=1S/C12H13N3O3S/c1-7-8(3-10(19-7)12(17)18-2)5-15-6-9(4-14-15)11(13)16/h3-4,6H,5H2,1-2H3,(H2,13,16). The minimum Gasteiger partial charge on any atom is -0.465 e. The van der Waals surface area contributed by atoms with Gasteiger partial charge < -0.3 is 10.5 Å². The first kappa shape index (κ1) is 13.3. The lowest BCUT2D eigenvalue weighted by molar-refractivity contribution is 0.0606. The molecule has 2 aromatic rings. The first-order chi connectivity index (χ1) is 9.01. The lowest BCUT2D eigenvalue weighted by atomic mass is 10.2. The number of nitrogens with two attached hydrogens (primary N) is 1. The Bertz CT molecular complexity index is 630. The predicted octanol–water partition coefficient (Wildman–Crippen LogP) is 1.19. The van der Waals surface area contributed by atoms with E-state index in [1.807, 2.05) is 6.92 Å². The van der Waals surface area contributed by atoms with Crippen LogP contribution in [-0.4, -0.2) is 28.8 Å². The van der Waals surface area contributed by atoms with Gasteiger partial charge in [-0.2, -0.15) is 5.10 Å². The van der Waals surface area contributed by atoms with Crippen LogP contribution in [0.3, 0.4) is 0 Å². The lowest BCUT2D eigenvalue weighted by Crippen LogP contribution is -2.09. The summed E-state index contributed by atoms with van der Waals surface area (Å²) < 4.78 is 6.29. The van der Waals surface area contributed by atoms with Crippen LogP contribution in [0.1, 0.15) is 30.5 Å². The van der Waals surface area contributed by atoms with E-state index in [9.17, 15) is 9.59 Å². The number of carbonyl (C=O) groups excluding carboxylic acids is 2. The van der Waals surface area contributed by atoms with Crippen LogP contribution >= 0.6 is 11.3 Å². The summed E-state index contributed by atoms with van der Waals surface area (Å²) in [6.45, 7) is 2.40. The van der Waals surface area contributed by atoms with Crippen molar-refractivity contribution in [1.82, 2.24) is 9.78 Å². The molecule has 6 nitrogen and oxygen atoms in total. The van der Waals surface area contributed by atoms with Gasteiger partial charge in [-0.05, 0) is 18.6 Å². The average molecular weight is 279 g/mol. The van der Waals surface area contributed by atoms with Gasteiger partial charge in [-0.1, -0.05) is 0 Å². The summed E-state index contributed by atoms with van der Waals surface area (Å²) in [5, 5.41) is 4.05. The Balaban J connectivity index is 2.20. The number of primary amides is 1. The molecule has 0 bridgehead atoms. The van der Waals surface area contributed by atoms with E-state index in [0.29, 0.717) is 17.0 Å². The number of rotatable bonds is 4. The highest BCUT2D eigenvalue weighted by molar-refractivity contribution is 7.14. The Labute approximate surface area is 113 Å². The van der Waals surface area contributed by atoms with Crippen molar-refractivity contribution in [2.45, 2.75) is 13.5 Å². The molecule has 0 fully saturated rings. The Morgan fingerprint density at radius 3 is 2.84 bits per heavy atom. The van der Waals surface area contributed by atoms with Crippen LogP contribution in [0.25, 0.3) is 0 Å². The minimum absolute atomic E-state index is 0.349. The van der Waals surface area contributed by atoms with Crippen molar-refractivity contribution in [2.75, 3.05) is 7.11 Å². The first-order valence-corrected chi connectivity index (χ1v) is 6.32. The van der Waals surface area contributed by atoms with Gasteiger partial charge in [0.2, 0.25) is 0 Å². The molecule has 2 N–H and O–H groups in total. The zero-order valence-corrected chi connectivity index (χ0v) is 11.4. The van der Waals surface area contributed by atoms with Crippen LogP contribution in [0.5, 0.6) is 0 Å². The molecule has 0 unspecified atom stereocenters. The maximum atomic E-state index is 11.4. The fourth-order valence-electron chi connectivity index (χ4n) is 1.63. The molecule has 0 saturated heterocycles. The molecule has 0 atom stereocenters. The van der Waals surface area contributed by atoms with E-state index >= 15 is 0 Å². The molecule has 0 aliphatic carbocycles. The van der Waals surface area contributed by atoms with Gasteiger partial charge in [-0.3, -0.25) is 9.48 Å². The molecule has 2 aromatic heterocycles. The van der Waals surface area contributed by atoms with E-state index in [4.69, 9.17) is 5.73 Å². The van der Waals surface area contributed by atoms with Crippen LogP contribution in [0.2, 0.25) is 0 Å². The number of thiophene rings is 1. The third-order valence-electron chi connectivity index (χ3n) is 2.66. The largest absolute Gasteiger partial charge is 0.465 e. The predicted molar refractivity (Wildman–Crippen MR) is 70.2 cm³/mol. The normalized spacial score (nSPS) is 10.4. The zero-order valence-electron chi connectivity index (χ0n) is 10.5. The molecule has 0 spiro atoms. The van der Waals surface area contributed by atoms with Crippen molar-refractivity contribution in [3.8, 4) is 0 Å². The monoisotopic (exact) mass is 279 g/mol. The lowest BCUT2D eigenvalue weighted by Gasteiger charge is -1.99. The molecule has 7 heteroatoms. The van der Waals surface area contributed by atoms with E-state index < -0.39 is 5.91 Å². The first-order valence-electron chi connectivity index (χ1n) is 5.51. The fraction of sp³-hybridized carbons (Fsp3) is 0.250. The number of aromatic nitrogens is 2. The third kappa shape index (κ3) is 2.82. The van der Waals surface area contributed by atoms with Gasteiger partial charge >= 0.3 is 5.97 Å². The van der Waals surface area contributed by atoms with Gasteiger partial charge in [-0.25, -0.2) is 4.79 Å². The van der Waals surface area contributed by atoms with E-state index in [0.717, 1.165) is 10.4 Å². The van der Waals surface area contributed by atoms with E-state index in [1.165, 1.54) is 24.6 Å². The molecule has 2 rings (SSSR count). The summed E-state index contributed by atoms with van der Waals surface area (Å²) in [7, 11) is 1.35. The number of hydrogen-bond donors (Lipinski definition) is 1. The molecule has 19 heavy (non-hydrogen) atoms. The van der Waals surface area contributed by atoms with Crippen LogP contribution in [0.15, 0.2) is 18.5 Å². The molecule has 0 aliphatic rings. The van der Waals surface area contributed by atoms with Gasteiger partial charge in [0, 0.05) is 11.1 Å². The van der Waals surface area contributed by atoms with Crippen LogP contribution in [0, 0.1) is 6.92 Å². The van der Waals surface area contributed by atoms with Crippen molar-refractivity contribution in [3.63, 3.8) is 0 Å². The molecule has 1 amide bonds. The number of esters is 1. The van der Waals surface area contributed by atoms with Crippen molar-refractivity contribution < 1.29 is 14.3 Å². The van der Waals surface area contributed by atoms with Crippen LogP contribution in [0.4, 0.5) is 0 Å². The zero-order chi connectivity index (χ0) is 14.0. The molecule has 0 saturated carbocycles. The highest BCUT2D eigenvalue weighted by Gasteiger charge is 2.13. The van der Waals surface area contributed by atoms with Crippen LogP contribution in [-0.2, 0) is 11.3 Å². The second-order valence-corrected chi connectivity index (χ2v) is 5.23. The fourth-order valence-corrected chi connectivity index (χ4v) is 2.58. The molecular formula is C12H13N3O3S. The number of methoxy groups -OCH3 is 1. The molecule has 100 valence electrons. The Morgan fingerprint density at radius 2 is 2.26 bits per heavy atom. The summed E-state index contributed by atoms with van der Waals surface area (Å²) >= 11 is 1.37. The second-order valence-electron chi connectivity index (χ2n) is 3.97. The van der Waals surface area contributed by atoms with Crippen molar-refractivity contribution >= 4 is 23.2 Å². The molecule has 0 aromatic carbocycles. The summed E-state index contributed by atoms with van der Waals surface area (Å²) in [5.41, 5.74) is 6.49. The van der Waals surface area contributed by atoms with Gasteiger partial charge in [0.25, 0.3) is 5.91 Å². The summed E-state index contributed by atoms with van der Waals surface area (Å²) in [6.07, 6.45) is 3.00. The van der Waals surface area contributed by atoms with Gasteiger partial charge in [0.15, 0.2) is 0 Å². The number of carbonyl (C=O) groups is 2. The molecule has 0 aliphatic heterocycles. The van der Waals surface area contributed by atoms with E-state index in [2.05, 4.69) is 9.84 Å². The van der Waals surface area contributed by atoms with Gasteiger partial charge in [0.1, 0.15) is 4.88 Å². The van der Waals surface area contributed by atoms with Gasteiger partial charge in [0.05, 0.1) is 25.4 Å². The molecule has 0 radical (unpaired) electrons. The maximum absolute atomic E-state index is 11.4. The summed E-state index contributed by atoms with van der Waals surface area (Å²) in [5.74, 6) is -0.860. The Hall–Kier alpha value is -2.15. The molecular weight excluding hydrogens is 266 g/mol. The topological polar surface area (TPSA) is 87.2 Å². The third-order valence-corrected chi connectivity index (χ3v) is 3.73. The Morgan fingerprint density at radius 1 is 1.53 bits per heavy atom. The summed E-state index contributed by atoms with van der Waals surface area (Å²) in [6, 6.07) is 1.78. The van der Waals surface area contributed by atoms with E-state index in [-0.39, 0.29) is 5.97 Å². The number of aryl methyl sites for hydroxylation is 1. The number of amides is 1. The van der Waals surface area contributed by atoms with E-state index in [1.54, 1.807) is 16.9 Å². The summed E-state index contributed by atoms with van der Waals surface area (Å²) in [4.78, 5) is 24.0. The highest BCUT2D eigenvalue weighted by Crippen LogP contribution is 2.23. The smallest absolute Gasteiger partial charge is 0.348 e. The van der Waals surface area contributed by atoms with Gasteiger partial charge in [-0.15, -0.1) is 11.3 Å². The highest BCUT2D eigenvalue weighted by atomic mass is 32.1. The minimum atomic E-state index is -0.511. The number of ether oxygens (including phenoxy) is 1. The second kappa shape index (κ2) is 5.23. The van der Waals surface area contributed by atoms with Crippen LogP contribution < -0.4 is 5.73 Å². The SMILES string of the molecule is COC(=O)c1cc(Cn2cc(C(N)=O)cn2)c(C)s1. The molecule has 2 heterocycles.